The molecule has 2 heterocycles. The number of nitrogens with zero attached hydrogens (tertiary/aromatic N) is 2. The highest BCUT2D eigenvalue weighted by Crippen LogP contribution is 2.42. The molecule has 0 spiro atoms. The summed E-state index contributed by atoms with van der Waals surface area (Å²) < 4.78 is 22.1. The van der Waals surface area contributed by atoms with Crippen LogP contribution in [0.2, 0.25) is 0 Å². The highest BCUT2D eigenvalue weighted by atomic mass is 19.1. The molecule has 0 bridgehead atoms. The fourth-order valence-electron chi connectivity index (χ4n) is 5.56. The Labute approximate surface area is 242 Å². The summed E-state index contributed by atoms with van der Waals surface area (Å²) in [4.78, 5) is 43.5. The molecule has 1 aliphatic heterocycles. The summed E-state index contributed by atoms with van der Waals surface area (Å²) in [5.41, 5.74) is 2.36. The minimum absolute atomic E-state index is 0.0702. The maximum Gasteiger partial charge on any atom is 0.333 e. The molecule has 2 aliphatic rings. The van der Waals surface area contributed by atoms with Crippen molar-refractivity contribution in [2.45, 2.75) is 50.9 Å². The molecule has 42 heavy (non-hydrogen) atoms. The largest absolute Gasteiger partial charge is 0.497 e. The molecule has 0 unspecified atom stereocenters. The topological polar surface area (TPSA) is 118 Å². The lowest BCUT2D eigenvalue weighted by Gasteiger charge is -2.27. The van der Waals surface area contributed by atoms with E-state index in [4.69, 9.17) is 9.57 Å². The lowest BCUT2D eigenvalue weighted by Crippen LogP contribution is -2.40. The number of rotatable bonds is 10. The third kappa shape index (κ3) is 5.20. The molecular formula is C32H32FN2O7+. The SMILES string of the molecule is COc1ccc(C2C(=O)C(=CC3=[N+](CCCCCC(=O)On4c(O)ccc4O)c4ccc(F)cc4C3(C)C)C2=O)cc1. The van der Waals surface area contributed by atoms with Gasteiger partial charge in [0, 0.05) is 42.7 Å². The summed E-state index contributed by atoms with van der Waals surface area (Å²) in [7, 11) is 1.55. The van der Waals surface area contributed by atoms with Crippen molar-refractivity contribution in [3.8, 4) is 17.5 Å². The molecule has 218 valence electrons. The first-order valence-electron chi connectivity index (χ1n) is 13.7. The van der Waals surface area contributed by atoms with E-state index >= 15 is 0 Å². The van der Waals surface area contributed by atoms with E-state index in [1.165, 1.54) is 24.3 Å². The van der Waals surface area contributed by atoms with Gasteiger partial charge in [-0.05, 0) is 56.5 Å². The Morgan fingerprint density at radius 2 is 1.67 bits per heavy atom. The Balaban J connectivity index is 1.31. The minimum atomic E-state index is -0.851. The summed E-state index contributed by atoms with van der Waals surface area (Å²) >= 11 is 0. The Morgan fingerprint density at radius 1 is 1.00 bits per heavy atom. The monoisotopic (exact) mass is 575 g/mol. The van der Waals surface area contributed by atoms with Crippen molar-refractivity contribution >= 4 is 28.9 Å². The number of Topliss-reactive ketones (excluding diaryl/α,β-unsaturated/α-hetero) is 2. The molecule has 3 aromatic rings. The average molecular weight is 576 g/mol. The van der Waals surface area contributed by atoms with Crippen molar-refractivity contribution in [3.63, 3.8) is 0 Å². The predicted octanol–water partition coefficient (Wildman–Crippen LogP) is 4.50. The zero-order valence-corrected chi connectivity index (χ0v) is 23.6. The van der Waals surface area contributed by atoms with E-state index in [1.807, 2.05) is 18.4 Å². The van der Waals surface area contributed by atoms with Crippen LogP contribution in [0, 0.1) is 5.82 Å². The van der Waals surface area contributed by atoms with E-state index < -0.39 is 17.3 Å². The fraction of sp³-hybridized carbons (Fsp3) is 0.312. The van der Waals surface area contributed by atoms with Gasteiger partial charge in [-0.3, -0.25) is 9.59 Å². The van der Waals surface area contributed by atoms with E-state index in [-0.39, 0.29) is 41.1 Å². The van der Waals surface area contributed by atoms with Gasteiger partial charge in [-0.2, -0.15) is 4.58 Å². The molecule has 1 fully saturated rings. The van der Waals surface area contributed by atoms with E-state index in [9.17, 15) is 29.0 Å². The summed E-state index contributed by atoms with van der Waals surface area (Å²) in [6.45, 7) is 4.39. The van der Waals surface area contributed by atoms with Gasteiger partial charge in [-0.15, -0.1) is 4.73 Å². The standard InChI is InChI=1S/C32H31FN2O7/c1-32(2)23-17-20(33)10-13-24(23)34(16-6-4-5-7-28(38)42-35-26(36)14-15-27(35)37)25(32)18-22-30(39)29(31(22)40)19-8-11-21(41-3)12-9-19/h8-15,17-18,29H,4-7,16H2,1-3H3,(H,39,40)/p+1. The van der Waals surface area contributed by atoms with Gasteiger partial charge in [0.15, 0.2) is 17.3 Å². The van der Waals surface area contributed by atoms with E-state index in [1.54, 1.807) is 43.5 Å². The normalized spacial score (nSPS) is 17.2. The van der Waals surface area contributed by atoms with Gasteiger partial charge in [0.05, 0.1) is 18.1 Å². The Kier molecular flexibility index (Phi) is 7.73. The summed E-state index contributed by atoms with van der Waals surface area (Å²) in [5.74, 6) is -2.48. The Morgan fingerprint density at radius 3 is 2.31 bits per heavy atom. The number of fused-ring (bicyclic) bond motifs is 1. The molecule has 10 heteroatoms. The Hall–Kier alpha value is -4.73. The van der Waals surface area contributed by atoms with E-state index in [0.717, 1.165) is 17.0 Å². The van der Waals surface area contributed by atoms with Crippen molar-refractivity contribution in [2.75, 3.05) is 13.7 Å². The maximum atomic E-state index is 14.3. The van der Waals surface area contributed by atoms with Crippen LogP contribution in [0.1, 0.15) is 56.6 Å². The third-order valence-corrected chi connectivity index (χ3v) is 7.89. The number of carbonyl (C=O) groups excluding carboxylic acids is 3. The van der Waals surface area contributed by atoms with Crippen molar-refractivity contribution in [3.05, 3.63) is 83.2 Å². The van der Waals surface area contributed by atoms with Crippen LogP contribution in [0.3, 0.4) is 0 Å². The molecule has 1 aliphatic carbocycles. The zero-order valence-electron chi connectivity index (χ0n) is 23.6. The molecule has 2 N–H and O–H groups in total. The van der Waals surface area contributed by atoms with Gasteiger partial charge in [0.2, 0.25) is 17.4 Å². The molecule has 1 saturated carbocycles. The van der Waals surface area contributed by atoms with E-state index in [0.29, 0.717) is 41.9 Å². The van der Waals surface area contributed by atoms with Gasteiger partial charge in [0.1, 0.15) is 24.0 Å². The number of hydrogen-bond acceptors (Lipinski definition) is 7. The summed E-state index contributed by atoms with van der Waals surface area (Å²) in [6, 6.07) is 13.9. The lowest BCUT2D eigenvalue weighted by molar-refractivity contribution is -0.438. The van der Waals surface area contributed by atoms with Crippen LogP contribution in [0.25, 0.3) is 0 Å². The second-order valence-corrected chi connectivity index (χ2v) is 10.9. The first-order valence-corrected chi connectivity index (χ1v) is 13.7. The van der Waals surface area contributed by atoms with Gasteiger partial charge in [-0.25, -0.2) is 9.18 Å². The van der Waals surface area contributed by atoms with Crippen LogP contribution in [0.5, 0.6) is 17.5 Å². The van der Waals surface area contributed by atoms with Crippen LogP contribution >= 0.6 is 0 Å². The second kappa shape index (κ2) is 11.3. The number of unbranched alkanes of at least 4 members (excludes halogenated alkanes) is 2. The zero-order chi connectivity index (χ0) is 30.2. The van der Waals surface area contributed by atoms with Gasteiger partial charge in [-0.1, -0.05) is 12.1 Å². The van der Waals surface area contributed by atoms with Crippen LogP contribution in [-0.4, -0.2) is 56.4 Å². The lowest BCUT2D eigenvalue weighted by atomic mass is 9.71. The summed E-state index contributed by atoms with van der Waals surface area (Å²) in [6.07, 6.45) is 3.51. The fourth-order valence-corrected chi connectivity index (χ4v) is 5.56. The number of carbonyl (C=O) groups is 3. The van der Waals surface area contributed by atoms with Crippen LogP contribution in [0.15, 0.2) is 66.2 Å². The van der Waals surface area contributed by atoms with Crippen LogP contribution < -0.4 is 9.57 Å². The number of allylic oxidation sites excluding steroid dienone is 2. The van der Waals surface area contributed by atoms with E-state index in [2.05, 4.69) is 0 Å². The van der Waals surface area contributed by atoms with Crippen molar-refractivity contribution < 1.29 is 43.1 Å². The highest BCUT2D eigenvalue weighted by molar-refractivity contribution is 6.43. The molecule has 0 radical (unpaired) electrons. The number of methoxy groups -OCH3 is 1. The van der Waals surface area contributed by atoms with Gasteiger partial charge >= 0.3 is 5.97 Å². The van der Waals surface area contributed by atoms with Crippen molar-refractivity contribution in [1.82, 2.24) is 4.73 Å². The summed E-state index contributed by atoms with van der Waals surface area (Å²) in [5, 5.41) is 19.3. The van der Waals surface area contributed by atoms with Crippen LogP contribution in [0.4, 0.5) is 10.1 Å². The number of halogens is 1. The molecule has 0 atom stereocenters. The smallest absolute Gasteiger partial charge is 0.333 e. The highest BCUT2D eigenvalue weighted by Gasteiger charge is 2.49. The maximum absolute atomic E-state index is 14.3. The Bertz CT molecular complexity index is 1600. The molecule has 5 rings (SSSR count). The number of hydrogen-bond donors (Lipinski definition) is 2. The predicted molar refractivity (Wildman–Crippen MR) is 151 cm³/mol. The number of aromatic nitrogens is 1. The molecular weight excluding hydrogens is 543 g/mol. The quantitative estimate of drug-likeness (QED) is 0.120. The number of ketones is 2. The number of benzene rings is 2. The average Bonchev–Trinajstić information content (AvgIpc) is 3.38. The molecule has 0 amide bonds. The van der Waals surface area contributed by atoms with Gasteiger partial charge < -0.3 is 19.8 Å². The number of ether oxygens (including phenoxy) is 1. The third-order valence-electron chi connectivity index (χ3n) is 7.89. The van der Waals surface area contributed by atoms with Crippen molar-refractivity contribution in [1.29, 1.82) is 0 Å². The molecule has 9 nitrogen and oxygen atoms in total. The minimum Gasteiger partial charge on any atom is -0.497 e. The number of aromatic hydroxyl groups is 2. The second-order valence-electron chi connectivity index (χ2n) is 10.9. The molecule has 0 saturated heterocycles. The van der Waals surface area contributed by atoms with Crippen molar-refractivity contribution in [2.24, 2.45) is 0 Å². The first-order chi connectivity index (χ1) is 20.0. The molecule has 2 aromatic carbocycles. The van der Waals surface area contributed by atoms with Crippen LogP contribution in [-0.2, 0) is 19.8 Å². The first kappa shape index (κ1) is 28.8. The van der Waals surface area contributed by atoms with Gasteiger partial charge in [0.25, 0.3) is 0 Å². The molecule has 1 aromatic heterocycles.